The van der Waals surface area contributed by atoms with Crippen molar-refractivity contribution in [3.05, 3.63) is 66.2 Å². The van der Waals surface area contributed by atoms with Crippen LogP contribution in [0.25, 0.3) is 0 Å². The first-order valence-corrected chi connectivity index (χ1v) is 6.64. The second-order valence-electron chi connectivity index (χ2n) is 4.44. The molecular formula is C16H17N3O2. The van der Waals surface area contributed by atoms with Gasteiger partial charge in [-0.05, 0) is 17.7 Å². The maximum atomic E-state index is 11.6. The fourth-order valence-corrected chi connectivity index (χ4v) is 1.73. The van der Waals surface area contributed by atoms with Crippen LogP contribution in [0.15, 0.2) is 60.7 Å². The minimum atomic E-state index is -0.501. The van der Waals surface area contributed by atoms with Gasteiger partial charge in [0.1, 0.15) is 0 Å². The number of carbonyl (C=O) groups excluding carboxylic acids is 2. The molecule has 3 N–H and O–H groups in total. The van der Waals surface area contributed by atoms with Gasteiger partial charge in [0.05, 0.1) is 6.54 Å². The third kappa shape index (κ3) is 5.36. The number of carbonyl (C=O) groups is 2. The van der Waals surface area contributed by atoms with E-state index in [1.54, 1.807) is 0 Å². The largest absolute Gasteiger partial charge is 0.376 e. The lowest BCUT2D eigenvalue weighted by Gasteiger charge is -2.08. The Morgan fingerprint density at radius 1 is 0.857 bits per heavy atom. The van der Waals surface area contributed by atoms with Crippen LogP contribution in [0.5, 0.6) is 0 Å². The molecule has 0 aliphatic carbocycles. The highest BCUT2D eigenvalue weighted by molar-refractivity contribution is 5.96. The number of hydrogen-bond acceptors (Lipinski definition) is 3. The average molecular weight is 283 g/mol. The first-order valence-electron chi connectivity index (χ1n) is 6.64. The summed E-state index contributed by atoms with van der Waals surface area (Å²) in [6.45, 7) is 0.425. The smallest absolute Gasteiger partial charge is 0.321 e. The van der Waals surface area contributed by atoms with Crippen LogP contribution in [0.3, 0.4) is 0 Å². The van der Waals surface area contributed by atoms with Crippen molar-refractivity contribution in [1.29, 1.82) is 0 Å². The van der Waals surface area contributed by atoms with Crippen LogP contribution >= 0.6 is 0 Å². The SMILES string of the molecule is O=C(CNc1ccccc1)NC(=O)NCc1ccccc1. The van der Waals surface area contributed by atoms with E-state index in [2.05, 4.69) is 16.0 Å². The Hall–Kier alpha value is -2.82. The highest BCUT2D eigenvalue weighted by Crippen LogP contribution is 2.03. The van der Waals surface area contributed by atoms with Gasteiger partial charge in [-0.1, -0.05) is 48.5 Å². The molecule has 0 spiro atoms. The Balaban J connectivity index is 1.69. The second kappa shape index (κ2) is 7.69. The number of anilines is 1. The lowest BCUT2D eigenvalue weighted by atomic mass is 10.2. The minimum absolute atomic E-state index is 0.0444. The molecule has 0 heterocycles. The van der Waals surface area contributed by atoms with Gasteiger partial charge in [-0.2, -0.15) is 0 Å². The van der Waals surface area contributed by atoms with Crippen molar-refractivity contribution in [2.45, 2.75) is 6.54 Å². The Labute approximate surface area is 123 Å². The lowest BCUT2D eigenvalue weighted by molar-refractivity contribution is -0.118. The number of imide groups is 1. The van der Waals surface area contributed by atoms with Crippen LogP contribution in [-0.4, -0.2) is 18.5 Å². The average Bonchev–Trinajstić information content (AvgIpc) is 2.53. The molecule has 0 saturated heterocycles. The standard InChI is InChI=1S/C16H17N3O2/c20-15(12-17-14-9-5-2-6-10-14)19-16(21)18-11-13-7-3-1-4-8-13/h1-10,17H,11-12H2,(H2,18,19,20,21). The zero-order valence-electron chi connectivity index (χ0n) is 11.5. The Bertz CT molecular complexity index is 531. The van der Waals surface area contributed by atoms with E-state index < -0.39 is 6.03 Å². The van der Waals surface area contributed by atoms with Crippen molar-refractivity contribution in [2.75, 3.05) is 11.9 Å². The van der Waals surface area contributed by atoms with Crippen LogP contribution in [0.4, 0.5) is 10.5 Å². The second-order valence-corrected chi connectivity index (χ2v) is 4.44. The monoisotopic (exact) mass is 283 g/mol. The van der Waals surface area contributed by atoms with Crippen molar-refractivity contribution in [2.24, 2.45) is 0 Å². The fourth-order valence-electron chi connectivity index (χ4n) is 1.73. The number of rotatable bonds is 5. The molecule has 21 heavy (non-hydrogen) atoms. The van der Waals surface area contributed by atoms with Gasteiger partial charge in [0.2, 0.25) is 5.91 Å². The van der Waals surface area contributed by atoms with E-state index in [-0.39, 0.29) is 12.5 Å². The lowest BCUT2D eigenvalue weighted by Crippen LogP contribution is -2.41. The summed E-state index contributed by atoms with van der Waals surface area (Å²) in [5.41, 5.74) is 1.81. The van der Waals surface area contributed by atoms with Crippen molar-refractivity contribution < 1.29 is 9.59 Å². The molecule has 5 nitrogen and oxygen atoms in total. The molecule has 0 atom stereocenters. The number of benzene rings is 2. The predicted molar refractivity (Wildman–Crippen MR) is 81.8 cm³/mol. The first kappa shape index (κ1) is 14.6. The van der Waals surface area contributed by atoms with Crippen LogP contribution in [0, 0.1) is 0 Å². The van der Waals surface area contributed by atoms with Gasteiger partial charge >= 0.3 is 6.03 Å². The van der Waals surface area contributed by atoms with E-state index in [9.17, 15) is 9.59 Å². The van der Waals surface area contributed by atoms with Gasteiger partial charge in [-0.25, -0.2) is 4.79 Å². The van der Waals surface area contributed by atoms with Gasteiger partial charge in [0.25, 0.3) is 0 Å². The van der Waals surface area contributed by atoms with E-state index >= 15 is 0 Å². The van der Waals surface area contributed by atoms with Crippen molar-refractivity contribution in [3.8, 4) is 0 Å². The number of nitrogens with one attached hydrogen (secondary N) is 3. The van der Waals surface area contributed by atoms with E-state index in [0.29, 0.717) is 6.54 Å². The summed E-state index contributed by atoms with van der Waals surface area (Å²) in [5, 5.41) is 7.83. The maximum absolute atomic E-state index is 11.6. The normalized spacial score (nSPS) is 9.71. The first-order chi connectivity index (χ1) is 10.2. The summed E-state index contributed by atoms with van der Waals surface area (Å²) in [6.07, 6.45) is 0. The quantitative estimate of drug-likeness (QED) is 0.787. The zero-order valence-corrected chi connectivity index (χ0v) is 11.5. The van der Waals surface area contributed by atoms with Crippen molar-refractivity contribution in [3.63, 3.8) is 0 Å². The fraction of sp³-hybridized carbons (Fsp3) is 0.125. The molecule has 0 aliphatic rings. The highest BCUT2D eigenvalue weighted by Gasteiger charge is 2.06. The Morgan fingerprint density at radius 2 is 1.48 bits per heavy atom. The summed E-state index contributed by atoms with van der Waals surface area (Å²) >= 11 is 0. The third-order valence-corrected chi connectivity index (χ3v) is 2.78. The van der Waals surface area contributed by atoms with Gasteiger partial charge < -0.3 is 10.6 Å². The van der Waals surface area contributed by atoms with Crippen molar-refractivity contribution >= 4 is 17.6 Å². The van der Waals surface area contributed by atoms with Gasteiger partial charge in [0, 0.05) is 12.2 Å². The molecule has 0 unspecified atom stereocenters. The molecule has 2 aromatic carbocycles. The topological polar surface area (TPSA) is 70.2 Å². The van der Waals surface area contributed by atoms with Crippen LogP contribution in [0.2, 0.25) is 0 Å². The van der Waals surface area contributed by atoms with Crippen molar-refractivity contribution in [1.82, 2.24) is 10.6 Å². The molecule has 0 aliphatic heterocycles. The van der Waals surface area contributed by atoms with E-state index in [0.717, 1.165) is 11.3 Å². The highest BCUT2D eigenvalue weighted by atomic mass is 16.2. The Morgan fingerprint density at radius 3 is 2.14 bits per heavy atom. The maximum Gasteiger partial charge on any atom is 0.321 e. The molecule has 108 valence electrons. The molecular weight excluding hydrogens is 266 g/mol. The molecule has 2 rings (SSSR count). The molecule has 0 saturated carbocycles. The summed E-state index contributed by atoms with van der Waals surface area (Å²) < 4.78 is 0. The predicted octanol–water partition coefficient (Wildman–Crippen LogP) is 2.12. The van der Waals surface area contributed by atoms with Crippen LogP contribution in [-0.2, 0) is 11.3 Å². The molecule has 0 aromatic heterocycles. The molecule has 2 aromatic rings. The number of para-hydroxylation sites is 1. The summed E-state index contributed by atoms with van der Waals surface area (Å²) in [7, 11) is 0. The van der Waals surface area contributed by atoms with Gasteiger partial charge in [-0.3, -0.25) is 10.1 Å². The van der Waals surface area contributed by atoms with Crippen LogP contribution < -0.4 is 16.0 Å². The summed E-state index contributed by atoms with van der Waals surface area (Å²) in [5.74, 6) is -0.385. The van der Waals surface area contributed by atoms with E-state index in [1.807, 2.05) is 60.7 Å². The summed E-state index contributed by atoms with van der Waals surface area (Å²) in [6, 6.07) is 18.3. The molecule has 0 bridgehead atoms. The Kier molecular flexibility index (Phi) is 5.34. The molecule has 0 fully saturated rings. The van der Waals surface area contributed by atoms with Crippen LogP contribution in [0.1, 0.15) is 5.56 Å². The third-order valence-electron chi connectivity index (χ3n) is 2.78. The summed E-state index contributed by atoms with van der Waals surface area (Å²) in [4.78, 5) is 23.2. The molecule has 5 heteroatoms. The number of amides is 3. The molecule has 3 amide bonds. The van der Waals surface area contributed by atoms with Gasteiger partial charge in [-0.15, -0.1) is 0 Å². The number of urea groups is 1. The number of hydrogen-bond donors (Lipinski definition) is 3. The molecule has 0 radical (unpaired) electrons. The van der Waals surface area contributed by atoms with E-state index in [4.69, 9.17) is 0 Å². The zero-order chi connectivity index (χ0) is 14.9. The minimum Gasteiger partial charge on any atom is -0.376 e. The van der Waals surface area contributed by atoms with Gasteiger partial charge in [0.15, 0.2) is 0 Å². The van der Waals surface area contributed by atoms with E-state index in [1.165, 1.54) is 0 Å².